The summed E-state index contributed by atoms with van der Waals surface area (Å²) in [7, 11) is 0. The molecule has 0 radical (unpaired) electrons. The number of carboxylic acid groups (broad SMARTS) is 1. The number of amides is 1. The average molecular weight is 364 g/mol. The molecule has 1 saturated heterocycles. The first kappa shape index (κ1) is 18.5. The van der Waals surface area contributed by atoms with Crippen molar-refractivity contribution in [2.24, 2.45) is 0 Å². The highest BCUT2D eigenvalue weighted by Crippen LogP contribution is 2.29. The summed E-state index contributed by atoms with van der Waals surface area (Å²) in [5, 5.41) is 9.06. The molecule has 1 aliphatic rings. The Balaban J connectivity index is 1.85. The lowest BCUT2D eigenvalue weighted by Gasteiger charge is -2.32. The molecule has 1 aromatic rings. The maximum atomic E-state index is 12.4. The van der Waals surface area contributed by atoms with E-state index in [1.165, 1.54) is 11.0 Å². The predicted molar refractivity (Wildman–Crippen MR) is 78.5 cm³/mol. The molecule has 1 aromatic heterocycles. The van der Waals surface area contributed by atoms with Crippen molar-refractivity contribution in [3.8, 4) is 0 Å². The van der Waals surface area contributed by atoms with Gasteiger partial charge in [-0.15, -0.1) is 0 Å². The number of carboxylic acids is 1. The summed E-state index contributed by atoms with van der Waals surface area (Å²) < 4.78 is 42.6. The third-order valence-electron chi connectivity index (χ3n) is 3.30. The van der Waals surface area contributed by atoms with Crippen molar-refractivity contribution in [1.29, 1.82) is 0 Å². The van der Waals surface area contributed by atoms with Crippen LogP contribution < -0.4 is 0 Å². The van der Waals surface area contributed by atoms with Gasteiger partial charge in [-0.05, 0) is 12.1 Å². The van der Waals surface area contributed by atoms with Gasteiger partial charge in [0.15, 0.2) is 0 Å². The van der Waals surface area contributed by atoms with E-state index in [-0.39, 0.29) is 31.2 Å². The fraction of sp³-hybridized carbons (Fsp3) is 0.500. The Morgan fingerprint density at radius 2 is 2.17 bits per heavy atom. The molecule has 1 fully saturated rings. The van der Waals surface area contributed by atoms with Gasteiger partial charge in [0.05, 0.1) is 35.5 Å². The van der Waals surface area contributed by atoms with Crippen molar-refractivity contribution in [3.63, 3.8) is 0 Å². The van der Waals surface area contributed by atoms with E-state index in [9.17, 15) is 22.8 Å². The smallest absolute Gasteiger partial charge is 0.417 e. The highest BCUT2D eigenvalue weighted by Gasteiger charge is 2.31. The van der Waals surface area contributed by atoms with Gasteiger partial charge in [-0.25, -0.2) is 4.98 Å². The zero-order valence-electron chi connectivity index (χ0n) is 12.5. The Hall–Kier alpha value is -1.81. The van der Waals surface area contributed by atoms with Gasteiger partial charge in [0.1, 0.15) is 0 Å². The maximum absolute atomic E-state index is 12.4. The van der Waals surface area contributed by atoms with E-state index in [2.05, 4.69) is 4.98 Å². The lowest BCUT2D eigenvalue weighted by Crippen LogP contribution is -2.46. The summed E-state index contributed by atoms with van der Waals surface area (Å²) in [6, 6.07) is 2.13. The van der Waals surface area contributed by atoms with E-state index < -0.39 is 23.8 Å². The van der Waals surface area contributed by atoms with E-state index in [0.29, 0.717) is 11.6 Å². The van der Waals surface area contributed by atoms with Crippen LogP contribution in [0.5, 0.6) is 0 Å². The number of aromatic nitrogens is 1. The number of hydrogen-bond donors (Lipinski definition) is 1. The molecule has 132 valence electrons. The molecule has 24 heavy (non-hydrogen) atoms. The molecule has 2 rings (SSSR count). The largest absolute Gasteiger partial charge is 0.481 e. The molecule has 0 bridgehead atoms. The van der Waals surface area contributed by atoms with Crippen LogP contribution in [0.3, 0.4) is 0 Å². The van der Waals surface area contributed by atoms with E-state index in [1.807, 2.05) is 0 Å². The quantitative estimate of drug-likeness (QED) is 0.804. The fourth-order valence-corrected chi connectivity index (χ4v) is 2.87. The van der Waals surface area contributed by atoms with Crippen LogP contribution in [0.2, 0.25) is 0 Å². The predicted octanol–water partition coefficient (Wildman–Crippen LogP) is 1.89. The number of hydrogen-bond acceptors (Lipinski definition) is 5. The number of rotatable bonds is 5. The first-order chi connectivity index (χ1) is 11.3. The summed E-state index contributed by atoms with van der Waals surface area (Å²) >= 11 is 1.03. The number of ether oxygens (including phenoxy) is 1. The number of halogens is 3. The molecule has 6 nitrogen and oxygen atoms in total. The molecule has 1 atom stereocenters. The number of aliphatic carboxylic acids is 1. The number of thioether (sulfide) groups is 1. The van der Waals surface area contributed by atoms with Crippen molar-refractivity contribution in [2.45, 2.75) is 23.7 Å². The fourth-order valence-electron chi connectivity index (χ4n) is 2.12. The van der Waals surface area contributed by atoms with Gasteiger partial charge in [0.25, 0.3) is 0 Å². The van der Waals surface area contributed by atoms with Gasteiger partial charge in [0.2, 0.25) is 5.91 Å². The van der Waals surface area contributed by atoms with Crippen LogP contribution in [0.4, 0.5) is 13.2 Å². The van der Waals surface area contributed by atoms with E-state index in [4.69, 9.17) is 9.84 Å². The third kappa shape index (κ3) is 5.38. The van der Waals surface area contributed by atoms with Crippen LogP contribution in [0.1, 0.15) is 12.0 Å². The molecule has 1 unspecified atom stereocenters. The minimum atomic E-state index is -4.45. The molecular weight excluding hydrogens is 349 g/mol. The van der Waals surface area contributed by atoms with Crippen molar-refractivity contribution in [2.75, 3.05) is 25.4 Å². The van der Waals surface area contributed by atoms with Gasteiger partial charge < -0.3 is 14.7 Å². The highest BCUT2D eigenvalue weighted by molar-refractivity contribution is 7.99. The number of carbonyl (C=O) groups excluding carboxylic acids is 1. The average Bonchev–Trinajstić information content (AvgIpc) is 2.52. The number of alkyl halides is 3. The molecule has 0 aromatic carbocycles. The van der Waals surface area contributed by atoms with Crippen LogP contribution in [0.25, 0.3) is 0 Å². The molecule has 0 spiro atoms. The second-order valence-electron chi connectivity index (χ2n) is 5.10. The van der Waals surface area contributed by atoms with Crippen molar-refractivity contribution in [1.82, 2.24) is 9.88 Å². The zero-order valence-corrected chi connectivity index (χ0v) is 13.3. The maximum Gasteiger partial charge on any atom is 0.417 e. The monoisotopic (exact) mass is 364 g/mol. The van der Waals surface area contributed by atoms with Gasteiger partial charge in [-0.2, -0.15) is 13.2 Å². The van der Waals surface area contributed by atoms with Gasteiger partial charge in [0, 0.05) is 19.3 Å². The minimum absolute atomic E-state index is 0.0121. The number of carbonyl (C=O) groups is 2. The molecule has 0 aliphatic carbocycles. The topological polar surface area (TPSA) is 79.7 Å². The Labute approximate surface area is 140 Å². The Morgan fingerprint density at radius 1 is 1.42 bits per heavy atom. The second kappa shape index (κ2) is 7.84. The normalized spacial score (nSPS) is 18.5. The molecule has 1 aliphatic heterocycles. The van der Waals surface area contributed by atoms with Gasteiger partial charge in [-0.3, -0.25) is 9.59 Å². The lowest BCUT2D eigenvalue weighted by atomic mass is 10.2. The number of nitrogens with zero attached hydrogens (tertiary/aromatic N) is 2. The first-order valence-electron chi connectivity index (χ1n) is 7.03. The molecule has 1 amide bonds. The lowest BCUT2D eigenvalue weighted by molar-refractivity contribution is -0.146. The van der Waals surface area contributed by atoms with Crippen molar-refractivity contribution < 1.29 is 32.6 Å². The van der Waals surface area contributed by atoms with E-state index >= 15 is 0 Å². The van der Waals surface area contributed by atoms with Crippen LogP contribution in [0.15, 0.2) is 23.4 Å². The van der Waals surface area contributed by atoms with Gasteiger partial charge in [-0.1, -0.05) is 11.8 Å². The zero-order chi connectivity index (χ0) is 17.7. The van der Waals surface area contributed by atoms with Gasteiger partial charge >= 0.3 is 12.1 Å². The third-order valence-corrected chi connectivity index (χ3v) is 4.23. The molecule has 2 heterocycles. The summed E-state index contributed by atoms with van der Waals surface area (Å²) in [6.45, 7) is 0.801. The Bertz CT molecular complexity index is 595. The minimum Gasteiger partial charge on any atom is -0.481 e. The molecule has 0 saturated carbocycles. The van der Waals surface area contributed by atoms with E-state index in [0.717, 1.165) is 24.0 Å². The number of morpholine rings is 1. The summed E-state index contributed by atoms with van der Waals surface area (Å²) in [5.74, 6) is -1.23. The van der Waals surface area contributed by atoms with Crippen LogP contribution in [-0.4, -0.2) is 58.4 Å². The second-order valence-corrected chi connectivity index (χ2v) is 6.10. The first-order valence-corrected chi connectivity index (χ1v) is 8.01. The standard InChI is InChI=1S/C14H15F3N2O4S/c15-14(16,17)9-1-2-11(18-6-9)24-8-12(20)19-3-4-23-10(7-19)5-13(21)22/h1-2,6,10H,3-5,7-8H2,(H,21,22). The molecule has 1 N–H and O–H groups in total. The Morgan fingerprint density at radius 3 is 2.75 bits per heavy atom. The van der Waals surface area contributed by atoms with Crippen LogP contribution in [-0.2, 0) is 20.5 Å². The summed E-state index contributed by atoms with van der Waals surface area (Å²) in [4.78, 5) is 28.0. The van der Waals surface area contributed by atoms with Crippen LogP contribution >= 0.6 is 11.8 Å². The van der Waals surface area contributed by atoms with Crippen molar-refractivity contribution >= 4 is 23.6 Å². The number of pyridine rings is 1. The van der Waals surface area contributed by atoms with Crippen molar-refractivity contribution in [3.05, 3.63) is 23.9 Å². The molecule has 10 heteroatoms. The Kier molecular flexibility index (Phi) is 6.05. The van der Waals surface area contributed by atoms with E-state index in [1.54, 1.807) is 0 Å². The van der Waals surface area contributed by atoms with Crippen LogP contribution in [0, 0.1) is 0 Å². The SMILES string of the molecule is O=C(O)CC1CN(C(=O)CSc2ccc(C(F)(F)F)cn2)CCO1. The molecular formula is C14H15F3N2O4S. The summed E-state index contributed by atoms with van der Waals surface area (Å²) in [6.07, 6.45) is -4.45. The highest BCUT2D eigenvalue weighted by atomic mass is 32.2. The summed E-state index contributed by atoms with van der Waals surface area (Å²) in [5.41, 5.74) is -0.845.